The van der Waals surface area contributed by atoms with Crippen LogP contribution in [0.2, 0.25) is 0 Å². The summed E-state index contributed by atoms with van der Waals surface area (Å²) >= 11 is 0. The van der Waals surface area contributed by atoms with Crippen molar-refractivity contribution in [1.82, 2.24) is 0 Å². The maximum atomic E-state index is 11.3. The highest BCUT2D eigenvalue weighted by Gasteiger charge is 2.16. The molecule has 0 saturated heterocycles. The third-order valence-corrected chi connectivity index (χ3v) is 2.24. The maximum absolute atomic E-state index is 11.3. The molecule has 0 fully saturated rings. The number of nitrogens with two attached hydrogens (primary N) is 1. The lowest BCUT2D eigenvalue weighted by Crippen LogP contribution is -2.34. The van der Waals surface area contributed by atoms with Crippen LogP contribution in [0.1, 0.15) is 5.56 Å². The summed E-state index contributed by atoms with van der Waals surface area (Å²) in [6.07, 6.45) is 0.224. The van der Waals surface area contributed by atoms with Crippen molar-refractivity contribution < 1.29 is 19.6 Å². The van der Waals surface area contributed by atoms with E-state index in [4.69, 9.17) is 10.8 Å². The zero-order chi connectivity index (χ0) is 13.5. The highest BCUT2D eigenvalue weighted by molar-refractivity contribution is 5.85. The second-order valence-electron chi connectivity index (χ2n) is 3.63. The van der Waals surface area contributed by atoms with Gasteiger partial charge in [-0.05, 0) is 12.0 Å². The van der Waals surface area contributed by atoms with Crippen LogP contribution in [0.5, 0.6) is 0 Å². The van der Waals surface area contributed by atoms with E-state index in [1.807, 2.05) is 0 Å². The largest absolute Gasteiger partial charge is 0.462 e. The number of carbonyl (C=O) groups is 1. The Morgan fingerprint density at radius 3 is 2.47 bits per heavy atom. The summed E-state index contributed by atoms with van der Waals surface area (Å²) in [6.45, 7) is -0.344. The van der Waals surface area contributed by atoms with Crippen molar-refractivity contribution in [1.29, 1.82) is 0 Å². The van der Waals surface area contributed by atoms with Crippen LogP contribution < -0.4 is 5.73 Å². The summed E-state index contributed by atoms with van der Waals surface area (Å²) in [5.41, 5.74) is 6.28. The highest BCUT2D eigenvalue weighted by Crippen LogP contribution is 2.13. The number of nitro benzene ring substituents is 1. The molecule has 1 atom stereocenters. The summed E-state index contributed by atoms with van der Waals surface area (Å²) in [5, 5.41) is 18.9. The van der Waals surface area contributed by atoms with Crippen LogP contribution in [0.4, 0.5) is 5.69 Å². The van der Waals surface area contributed by atoms with E-state index < -0.39 is 16.9 Å². The molecular weight excluding hydrogens is 276 g/mol. The Bertz CT molecular complexity index is 424. The Morgan fingerprint density at radius 2 is 2.00 bits per heavy atom. The van der Waals surface area contributed by atoms with Crippen molar-refractivity contribution in [3.8, 4) is 0 Å². The fourth-order valence-electron chi connectivity index (χ4n) is 1.34. The van der Waals surface area contributed by atoms with E-state index in [1.165, 1.54) is 24.3 Å². The number of carbonyl (C=O) groups excluding carboxylic acids is 1. The number of benzene rings is 1. The molecule has 0 aliphatic heterocycles. The van der Waals surface area contributed by atoms with Crippen LogP contribution in [-0.4, -0.2) is 35.3 Å². The average Bonchev–Trinajstić information content (AvgIpc) is 2.36. The van der Waals surface area contributed by atoms with Gasteiger partial charge in [-0.1, -0.05) is 12.1 Å². The highest BCUT2D eigenvalue weighted by atomic mass is 35.5. The molecule has 7 nitrogen and oxygen atoms in total. The molecule has 0 aliphatic carbocycles. The minimum absolute atomic E-state index is 0. The fraction of sp³-hybridized carbons (Fsp3) is 0.364. The van der Waals surface area contributed by atoms with E-state index in [1.54, 1.807) is 0 Å². The molecule has 0 unspecified atom stereocenters. The van der Waals surface area contributed by atoms with Crippen LogP contribution in [0.15, 0.2) is 24.3 Å². The molecule has 0 aromatic heterocycles. The second-order valence-corrected chi connectivity index (χ2v) is 3.63. The van der Waals surface area contributed by atoms with Crippen molar-refractivity contribution in [2.45, 2.75) is 12.5 Å². The van der Waals surface area contributed by atoms with Gasteiger partial charge in [0.25, 0.3) is 5.69 Å². The van der Waals surface area contributed by atoms with Crippen LogP contribution in [0.25, 0.3) is 0 Å². The number of hydrogen-bond acceptors (Lipinski definition) is 6. The van der Waals surface area contributed by atoms with Gasteiger partial charge < -0.3 is 15.6 Å². The van der Waals surface area contributed by atoms with Crippen molar-refractivity contribution in [3.63, 3.8) is 0 Å². The lowest BCUT2D eigenvalue weighted by Gasteiger charge is -2.10. The normalized spacial score (nSPS) is 11.3. The molecular formula is C11H15ClN2O5. The predicted molar refractivity (Wildman–Crippen MR) is 70.1 cm³/mol. The Kier molecular flexibility index (Phi) is 7.66. The molecule has 8 heteroatoms. The smallest absolute Gasteiger partial charge is 0.323 e. The summed E-state index contributed by atoms with van der Waals surface area (Å²) < 4.78 is 4.66. The Labute approximate surface area is 115 Å². The second kappa shape index (κ2) is 8.41. The number of aliphatic hydroxyl groups is 1. The monoisotopic (exact) mass is 290 g/mol. The molecule has 0 amide bonds. The van der Waals surface area contributed by atoms with Gasteiger partial charge in [0.1, 0.15) is 12.6 Å². The van der Waals surface area contributed by atoms with Gasteiger partial charge in [0.15, 0.2) is 0 Å². The van der Waals surface area contributed by atoms with E-state index in [-0.39, 0.29) is 37.7 Å². The topological polar surface area (TPSA) is 116 Å². The molecule has 0 saturated carbocycles. The van der Waals surface area contributed by atoms with E-state index in [0.29, 0.717) is 5.56 Å². The first-order valence-corrected chi connectivity index (χ1v) is 5.31. The van der Waals surface area contributed by atoms with Crippen molar-refractivity contribution in [2.24, 2.45) is 5.73 Å². The number of esters is 1. The zero-order valence-corrected chi connectivity index (χ0v) is 10.8. The maximum Gasteiger partial charge on any atom is 0.323 e. The first-order valence-electron chi connectivity index (χ1n) is 5.31. The molecule has 0 aliphatic rings. The third kappa shape index (κ3) is 5.64. The van der Waals surface area contributed by atoms with Gasteiger partial charge in [-0.15, -0.1) is 12.4 Å². The number of aliphatic hydroxyl groups excluding tert-OH is 1. The zero-order valence-electron chi connectivity index (χ0n) is 10.0. The van der Waals surface area contributed by atoms with Gasteiger partial charge in [0.2, 0.25) is 0 Å². The first kappa shape index (κ1) is 17.3. The molecule has 1 rings (SSSR count). The Hall–Kier alpha value is -1.70. The molecule has 0 bridgehead atoms. The van der Waals surface area contributed by atoms with Gasteiger partial charge in [-0.2, -0.15) is 0 Å². The number of non-ortho nitro benzene ring substituents is 1. The quantitative estimate of drug-likeness (QED) is 0.446. The lowest BCUT2D eigenvalue weighted by atomic mass is 10.1. The fourth-order valence-corrected chi connectivity index (χ4v) is 1.34. The summed E-state index contributed by atoms with van der Waals surface area (Å²) in [5.74, 6) is -0.609. The molecule has 0 spiro atoms. The van der Waals surface area contributed by atoms with Crippen LogP contribution in [0, 0.1) is 10.1 Å². The minimum Gasteiger partial charge on any atom is -0.462 e. The van der Waals surface area contributed by atoms with E-state index >= 15 is 0 Å². The number of nitrogens with zero attached hydrogens (tertiary/aromatic N) is 1. The summed E-state index contributed by atoms with van der Waals surface area (Å²) in [7, 11) is 0. The van der Waals surface area contributed by atoms with Crippen LogP contribution in [-0.2, 0) is 16.0 Å². The third-order valence-electron chi connectivity index (χ3n) is 2.24. The van der Waals surface area contributed by atoms with Crippen molar-refractivity contribution in [2.75, 3.05) is 13.2 Å². The number of rotatable bonds is 6. The van der Waals surface area contributed by atoms with E-state index in [9.17, 15) is 14.9 Å². The molecule has 106 valence electrons. The van der Waals surface area contributed by atoms with Crippen molar-refractivity contribution >= 4 is 24.1 Å². The van der Waals surface area contributed by atoms with Crippen LogP contribution >= 0.6 is 12.4 Å². The van der Waals surface area contributed by atoms with Gasteiger partial charge >= 0.3 is 5.97 Å². The average molecular weight is 291 g/mol. The molecule has 0 radical (unpaired) electrons. The molecule has 3 N–H and O–H groups in total. The number of halogens is 1. The van der Waals surface area contributed by atoms with Gasteiger partial charge in [0, 0.05) is 12.1 Å². The summed E-state index contributed by atoms with van der Waals surface area (Å²) in [6, 6.07) is 4.93. The molecule has 1 aromatic rings. The van der Waals surface area contributed by atoms with E-state index in [0.717, 1.165) is 0 Å². The van der Waals surface area contributed by atoms with Gasteiger partial charge in [-0.3, -0.25) is 14.9 Å². The standard InChI is InChI=1S/C11H14N2O5.ClH/c12-10(11(15)18-6-5-14)7-8-1-3-9(4-2-8)13(16)17;/h1-4,10,14H,5-7,12H2;1H/t10-;/m0./s1. The van der Waals surface area contributed by atoms with Gasteiger partial charge in [-0.25, -0.2) is 0 Å². The molecule has 1 aromatic carbocycles. The Morgan fingerprint density at radius 1 is 1.42 bits per heavy atom. The van der Waals surface area contributed by atoms with Crippen molar-refractivity contribution in [3.05, 3.63) is 39.9 Å². The lowest BCUT2D eigenvalue weighted by molar-refractivity contribution is -0.384. The van der Waals surface area contributed by atoms with Gasteiger partial charge in [0.05, 0.1) is 11.5 Å². The first-order chi connectivity index (χ1) is 8.54. The SMILES string of the molecule is Cl.N[C@@H](Cc1ccc([N+](=O)[O-])cc1)C(=O)OCCO. The molecule has 0 heterocycles. The van der Waals surface area contributed by atoms with E-state index in [2.05, 4.69) is 4.74 Å². The number of ether oxygens (including phenoxy) is 1. The van der Waals surface area contributed by atoms with Crippen LogP contribution in [0.3, 0.4) is 0 Å². The minimum atomic E-state index is -0.849. The molecule has 19 heavy (non-hydrogen) atoms. The predicted octanol–water partition coefficient (Wildman–Crippen LogP) is 0.422. The summed E-state index contributed by atoms with van der Waals surface area (Å²) in [4.78, 5) is 21.3. The Balaban J connectivity index is 0.00000324. The number of hydrogen-bond donors (Lipinski definition) is 2. The number of nitro groups is 1.